The molecule has 1 aliphatic heterocycles. The predicted octanol–water partition coefficient (Wildman–Crippen LogP) is 0.138. The molecule has 136 valence electrons. The van der Waals surface area contributed by atoms with E-state index in [1.165, 1.54) is 11.8 Å². The molecule has 1 aliphatic rings. The largest absolute Gasteiger partial charge is 0.445 e. The van der Waals surface area contributed by atoms with Crippen molar-refractivity contribution in [2.75, 3.05) is 6.54 Å². The molecule has 0 aliphatic carbocycles. The minimum Gasteiger partial charge on any atom is -0.445 e. The van der Waals surface area contributed by atoms with Crippen LogP contribution < -0.4 is 11.1 Å². The molecule has 1 heterocycles. The van der Waals surface area contributed by atoms with Gasteiger partial charge in [-0.05, 0) is 25.3 Å². The predicted molar refractivity (Wildman–Crippen MR) is 89.2 cm³/mol. The highest BCUT2D eigenvalue weighted by molar-refractivity contribution is 5.91. The molecule has 2 rings (SSSR count). The molecule has 4 N–H and O–H groups in total. The minimum atomic E-state index is -1.20. The van der Waals surface area contributed by atoms with Crippen LogP contribution in [0.1, 0.15) is 25.3 Å². The SMILES string of the molecule is C[C@@H](O)[C@H](NC(=O)[C@@H]1CCCN1C(=O)OCc1ccccc1)C(N)=O. The Labute approximate surface area is 145 Å². The Bertz CT molecular complexity index is 620. The number of nitrogens with one attached hydrogen (secondary N) is 1. The second-order valence-electron chi connectivity index (χ2n) is 6.02. The molecule has 0 unspecified atom stereocenters. The summed E-state index contributed by atoms with van der Waals surface area (Å²) < 4.78 is 5.26. The van der Waals surface area contributed by atoms with Crippen LogP contribution in [0.3, 0.4) is 0 Å². The number of rotatable bonds is 6. The van der Waals surface area contributed by atoms with E-state index in [-0.39, 0.29) is 6.61 Å². The fourth-order valence-corrected chi connectivity index (χ4v) is 2.74. The number of benzene rings is 1. The summed E-state index contributed by atoms with van der Waals surface area (Å²) in [4.78, 5) is 37.3. The monoisotopic (exact) mass is 349 g/mol. The van der Waals surface area contributed by atoms with Crippen molar-refractivity contribution in [1.82, 2.24) is 10.2 Å². The summed E-state index contributed by atoms with van der Waals surface area (Å²) in [5.74, 6) is -1.36. The van der Waals surface area contributed by atoms with Crippen molar-refractivity contribution < 1.29 is 24.2 Å². The first-order valence-corrected chi connectivity index (χ1v) is 8.15. The maximum atomic E-state index is 12.4. The fourth-order valence-electron chi connectivity index (χ4n) is 2.74. The van der Waals surface area contributed by atoms with Crippen molar-refractivity contribution in [3.63, 3.8) is 0 Å². The standard InChI is InChI=1S/C17H23N3O5/c1-11(21)14(15(18)22)19-16(23)13-8-5-9-20(13)17(24)25-10-12-6-3-2-4-7-12/h2-4,6-7,11,13-14,21H,5,8-10H2,1H3,(H2,18,22)(H,19,23)/t11-,13+,14+/m1/s1. The molecule has 1 fully saturated rings. The second-order valence-corrected chi connectivity index (χ2v) is 6.02. The van der Waals surface area contributed by atoms with E-state index in [9.17, 15) is 19.5 Å². The fraction of sp³-hybridized carbons (Fsp3) is 0.471. The summed E-state index contributed by atoms with van der Waals surface area (Å²) in [6, 6.07) is 7.27. The molecule has 3 atom stereocenters. The third kappa shape index (κ3) is 4.93. The van der Waals surface area contributed by atoms with E-state index in [0.717, 1.165) is 5.56 Å². The first-order valence-electron chi connectivity index (χ1n) is 8.15. The molecule has 0 radical (unpaired) electrons. The van der Waals surface area contributed by atoms with E-state index in [0.29, 0.717) is 19.4 Å². The number of likely N-dealkylation sites (tertiary alicyclic amines) is 1. The number of hydrogen-bond acceptors (Lipinski definition) is 5. The lowest BCUT2D eigenvalue weighted by Gasteiger charge is -2.26. The van der Waals surface area contributed by atoms with E-state index in [1.807, 2.05) is 30.3 Å². The number of nitrogens with two attached hydrogens (primary N) is 1. The van der Waals surface area contributed by atoms with E-state index < -0.39 is 36.1 Å². The van der Waals surface area contributed by atoms with Gasteiger partial charge in [0.05, 0.1) is 6.10 Å². The number of aliphatic hydroxyl groups is 1. The first kappa shape index (κ1) is 18.7. The highest BCUT2D eigenvalue weighted by Crippen LogP contribution is 2.19. The van der Waals surface area contributed by atoms with Gasteiger partial charge in [0.15, 0.2) is 0 Å². The van der Waals surface area contributed by atoms with Crippen LogP contribution in [-0.2, 0) is 20.9 Å². The Morgan fingerprint density at radius 1 is 1.36 bits per heavy atom. The lowest BCUT2D eigenvalue weighted by atomic mass is 10.1. The zero-order chi connectivity index (χ0) is 18.4. The molecule has 25 heavy (non-hydrogen) atoms. The molecule has 0 spiro atoms. The third-order valence-corrected chi connectivity index (χ3v) is 4.08. The quantitative estimate of drug-likeness (QED) is 0.674. The third-order valence-electron chi connectivity index (χ3n) is 4.08. The number of carbonyl (C=O) groups is 3. The van der Waals surface area contributed by atoms with Crippen molar-refractivity contribution >= 4 is 17.9 Å². The van der Waals surface area contributed by atoms with Crippen LogP contribution >= 0.6 is 0 Å². The van der Waals surface area contributed by atoms with Gasteiger partial charge in [0.25, 0.3) is 0 Å². The number of aliphatic hydroxyl groups excluding tert-OH is 1. The highest BCUT2D eigenvalue weighted by atomic mass is 16.6. The van der Waals surface area contributed by atoms with Crippen molar-refractivity contribution in [3.8, 4) is 0 Å². The van der Waals surface area contributed by atoms with Crippen molar-refractivity contribution in [3.05, 3.63) is 35.9 Å². The number of carbonyl (C=O) groups excluding carboxylic acids is 3. The summed E-state index contributed by atoms with van der Waals surface area (Å²) in [5, 5.41) is 11.9. The van der Waals surface area contributed by atoms with Gasteiger partial charge in [-0.25, -0.2) is 4.79 Å². The molecule has 8 nitrogen and oxygen atoms in total. The normalized spacial score (nSPS) is 19.1. The van der Waals surface area contributed by atoms with E-state index >= 15 is 0 Å². The molecule has 1 saturated heterocycles. The van der Waals surface area contributed by atoms with Crippen molar-refractivity contribution in [2.45, 2.75) is 44.6 Å². The van der Waals surface area contributed by atoms with E-state index in [1.54, 1.807) is 0 Å². The molecule has 8 heteroatoms. The summed E-state index contributed by atoms with van der Waals surface area (Å²) >= 11 is 0. The number of hydrogen-bond donors (Lipinski definition) is 3. The molecule has 1 aromatic carbocycles. The average Bonchev–Trinajstić information content (AvgIpc) is 3.07. The van der Waals surface area contributed by atoms with Gasteiger partial charge >= 0.3 is 6.09 Å². The smallest absolute Gasteiger partial charge is 0.410 e. The Morgan fingerprint density at radius 2 is 2.04 bits per heavy atom. The molecular formula is C17H23N3O5. The van der Waals surface area contributed by atoms with Gasteiger partial charge in [-0.3, -0.25) is 14.5 Å². The average molecular weight is 349 g/mol. The zero-order valence-electron chi connectivity index (χ0n) is 14.1. The Hall–Kier alpha value is -2.61. The minimum absolute atomic E-state index is 0.113. The number of ether oxygens (including phenoxy) is 1. The van der Waals surface area contributed by atoms with Crippen molar-refractivity contribution in [1.29, 1.82) is 0 Å². The number of nitrogens with zero attached hydrogens (tertiary/aromatic N) is 1. The van der Waals surface area contributed by atoms with Crippen LogP contribution in [-0.4, -0.2) is 52.6 Å². The molecule has 0 bridgehead atoms. The van der Waals surface area contributed by atoms with E-state index in [4.69, 9.17) is 10.5 Å². The lowest BCUT2D eigenvalue weighted by molar-refractivity contribution is -0.132. The Kier molecular flexibility index (Phi) is 6.35. The van der Waals surface area contributed by atoms with Gasteiger partial charge in [0.1, 0.15) is 18.7 Å². The summed E-state index contributed by atoms with van der Waals surface area (Å²) in [6.45, 7) is 1.86. The molecule has 3 amide bonds. The molecule has 0 saturated carbocycles. The van der Waals surface area contributed by atoms with Crippen molar-refractivity contribution in [2.24, 2.45) is 5.73 Å². The van der Waals surface area contributed by atoms with Crippen LogP contribution in [0.2, 0.25) is 0 Å². The zero-order valence-corrected chi connectivity index (χ0v) is 14.1. The highest BCUT2D eigenvalue weighted by Gasteiger charge is 2.37. The van der Waals surface area contributed by atoms with Crippen LogP contribution in [0.25, 0.3) is 0 Å². The molecule has 1 aromatic rings. The topological polar surface area (TPSA) is 122 Å². The van der Waals surface area contributed by atoms with Crippen LogP contribution in [0.4, 0.5) is 4.79 Å². The van der Waals surface area contributed by atoms with E-state index in [2.05, 4.69) is 5.32 Å². The van der Waals surface area contributed by atoms with Gasteiger partial charge in [-0.2, -0.15) is 0 Å². The second kappa shape index (κ2) is 8.48. The maximum Gasteiger partial charge on any atom is 0.410 e. The van der Waals surface area contributed by atoms with Gasteiger partial charge in [0, 0.05) is 6.54 Å². The van der Waals surface area contributed by atoms with Crippen LogP contribution in [0, 0.1) is 0 Å². The first-order chi connectivity index (χ1) is 11.9. The maximum absolute atomic E-state index is 12.4. The summed E-state index contributed by atoms with van der Waals surface area (Å²) in [6.07, 6.45) is -0.609. The summed E-state index contributed by atoms with van der Waals surface area (Å²) in [7, 11) is 0. The molecular weight excluding hydrogens is 326 g/mol. The number of primary amides is 1. The Morgan fingerprint density at radius 3 is 2.64 bits per heavy atom. The van der Waals surface area contributed by atoms with Crippen LogP contribution in [0.15, 0.2) is 30.3 Å². The van der Waals surface area contributed by atoms with Gasteiger partial charge < -0.3 is 20.9 Å². The van der Waals surface area contributed by atoms with Gasteiger partial charge in [-0.1, -0.05) is 30.3 Å². The number of amides is 3. The molecule has 0 aromatic heterocycles. The van der Waals surface area contributed by atoms with Gasteiger partial charge in [0.2, 0.25) is 11.8 Å². The lowest BCUT2D eigenvalue weighted by Crippen LogP contribution is -2.55. The van der Waals surface area contributed by atoms with Gasteiger partial charge in [-0.15, -0.1) is 0 Å². The summed E-state index contributed by atoms with van der Waals surface area (Å²) in [5.41, 5.74) is 6.02. The Balaban J connectivity index is 1.95. The van der Waals surface area contributed by atoms with Crippen LogP contribution in [0.5, 0.6) is 0 Å².